The zero-order valence-electron chi connectivity index (χ0n) is 15.8. The second kappa shape index (κ2) is 8.32. The Hall–Kier alpha value is -2.38. The number of aromatic nitrogens is 1. The minimum absolute atomic E-state index is 0.120. The van der Waals surface area contributed by atoms with Crippen molar-refractivity contribution in [1.29, 1.82) is 0 Å². The molecule has 2 aromatic carbocycles. The smallest absolute Gasteiger partial charge is 0.221 e. The molecule has 2 heterocycles. The highest BCUT2D eigenvalue weighted by Crippen LogP contribution is 2.27. The van der Waals surface area contributed by atoms with Crippen molar-refractivity contribution in [2.75, 3.05) is 17.2 Å². The summed E-state index contributed by atoms with van der Waals surface area (Å²) in [5.41, 5.74) is 3.24. The zero-order chi connectivity index (χ0) is 19.5. The summed E-state index contributed by atoms with van der Waals surface area (Å²) < 4.78 is 1.20. The second-order valence-electron chi connectivity index (χ2n) is 7.03. The van der Waals surface area contributed by atoms with Gasteiger partial charge >= 0.3 is 0 Å². The number of hydrogen-bond donors (Lipinski definition) is 2. The van der Waals surface area contributed by atoms with Crippen molar-refractivity contribution in [1.82, 2.24) is 4.98 Å². The highest BCUT2D eigenvalue weighted by molar-refractivity contribution is 8.27. The quantitative estimate of drug-likeness (QED) is 0.597. The molecule has 1 atom stereocenters. The summed E-state index contributed by atoms with van der Waals surface area (Å²) in [7, 11) is 0. The van der Waals surface area contributed by atoms with E-state index in [1.807, 2.05) is 44.2 Å². The number of fused-ring (bicyclic) bond motifs is 1. The molecule has 0 bridgehead atoms. The summed E-state index contributed by atoms with van der Waals surface area (Å²) in [6, 6.07) is 16.2. The molecule has 5 nitrogen and oxygen atoms in total. The number of rotatable bonds is 6. The minimum Gasteiger partial charge on any atom is -0.361 e. The van der Waals surface area contributed by atoms with Gasteiger partial charge in [-0.25, -0.2) is 9.98 Å². The fourth-order valence-electron chi connectivity index (χ4n) is 2.98. The molecule has 144 valence electrons. The number of benzene rings is 2. The highest BCUT2D eigenvalue weighted by Gasteiger charge is 2.30. The van der Waals surface area contributed by atoms with Gasteiger partial charge in [-0.05, 0) is 53.9 Å². The second-order valence-corrected chi connectivity index (χ2v) is 9.05. The lowest BCUT2D eigenvalue weighted by atomic mass is 10.1. The number of carbonyl (C=O) groups excluding carboxylic acids is 1. The number of nitrogens with one attached hydrogen (secondary N) is 2. The van der Waals surface area contributed by atoms with Gasteiger partial charge in [-0.3, -0.25) is 4.79 Å². The van der Waals surface area contributed by atoms with Gasteiger partial charge in [-0.15, -0.1) is 0 Å². The maximum absolute atomic E-state index is 12.0. The maximum Gasteiger partial charge on any atom is 0.221 e. The lowest BCUT2D eigenvalue weighted by Gasteiger charge is -2.07. The fourth-order valence-corrected chi connectivity index (χ4v) is 4.84. The Balaban J connectivity index is 1.30. The van der Waals surface area contributed by atoms with E-state index < -0.39 is 0 Å². The summed E-state index contributed by atoms with van der Waals surface area (Å²) in [6.45, 7) is 4.87. The van der Waals surface area contributed by atoms with Gasteiger partial charge in [0.15, 0.2) is 10.3 Å². The lowest BCUT2D eigenvalue weighted by Crippen LogP contribution is -2.17. The van der Waals surface area contributed by atoms with E-state index in [2.05, 4.69) is 38.8 Å². The van der Waals surface area contributed by atoms with Crippen molar-refractivity contribution in [2.45, 2.75) is 26.3 Å². The summed E-state index contributed by atoms with van der Waals surface area (Å²) in [5.74, 6) is 0.226. The average Bonchev–Trinajstić information content (AvgIpc) is 3.26. The topological polar surface area (TPSA) is 66.4 Å². The Morgan fingerprint density at radius 3 is 2.61 bits per heavy atom. The first kappa shape index (κ1) is 19.0. The SMILES string of the molecule is CC(C)[C@@H]1N=C(Nc2ccc(CCNc3nc4ccccc4s3)cc2)SC1=O. The Morgan fingerprint density at radius 1 is 1.11 bits per heavy atom. The summed E-state index contributed by atoms with van der Waals surface area (Å²) in [6.07, 6.45) is 0.916. The third-order valence-corrected chi connectivity index (χ3v) is 6.35. The van der Waals surface area contributed by atoms with Crippen molar-refractivity contribution >= 4 is 54.4 Å². The third kappa shape index (κ3) is 4.36. The standard InChI is InChI=1S/C21H22N4OS2/c1-13(2)18-19(26)28-21(25-18)23-15-9-7-14(8-10-15)11-12-22-20-24-16-5-3-4-6-17(16)27-20/h3-10,13,18H,11-12H2,1-2H3,(H,22,24)(H,23,25)/t18-/m0/s1. The van der Waals surface area contributed by atoms with E-state index in [0.29, 0.717) is 5.17 Å². The van der Waals surface area contributed by atoms with Crippen molar-refractivity contribution < 1.29 is 4.79 Å². The van der Waals surface area contributed by atoms with Crippen LogP contribution in [-0.4, -0.2) is 27.9 Å². The molecule has 0 amide bonds. The molecule has 0 fully saturated rings. The van der Waals surface area contributed by atoms with Gasteiger partial charge in [0.2, 0.25) is 5.12 Å². The largest absolute Gasteiger partial charge is 0.361 e. The molecule has 0 saturated carbocycles. The zero-order valence-corrected chi connectivity index (χ0v) is 17.4. The number of aliphatic imine (C=N–C) groups is 1. The Morgan fingerprint density at radius 2 is 1.89 bits per heavy atom. The van der Waals surface area contributed by atoms with Gasteiger partial charge in [0.25, 0.3) is 0 Å². The number of para-hydroxylation sites is 1. The number of thiazole rings is 1. The monoisotopic (exact) mass is 410 g/mol. The first-order chi connectivity index (χ1) is 13.6. The van der Waals surface area contributed by atoms with E-state index >= 15 is 0 Å². The molecule has 0 radical (unpaired) electrons. The van der Waals surface area contributed by atoms with Gasteiger partial charge in [-0.2, -0.15) is 0 Å². The van der Waals surface area contributed by atoms with Crippen LogP contribution in [0.25, 0.3) is 10.2 Å². The molecule has 2 N–H and O–H groups in total. The molecule has 1 aliphatic rings. The first-order valence-electron chi connectivity index (χ1n) is 9.33. The van der Waals surface area contributed by atoms with Gasteiger partial charge in [0.1, 0.15) is 6.04 Å². The number of nitrogens with zero attached hydrogens (tertiary/aromatic N) is 2. The minimum atomic E-state index is -0.236. The van der Waals surface area contributed by atoms with E-state index in [9.17, 15) is 4.79 Å². The molecular weight excluding hydrogens is 388 g/mol. The van der Waals surface area contributed by atoms with Crippen molar-refractivity contribution in [3.63, 3.8) is 0 Å². The molecule has 0 saturated heterocycles. The number of anilines is 2. The molecule has 3 aromatic rings. The van der Waals surface area contributed by atoms with E-state index in [-0.39, 0.29) is 17.1 Å². The van der Waals surface area contributed by atoms with Crippen molar-refractivity contribution in [3.05, 3.63) is 54.1 Å². The number of hydrogen-bond acceptors (Lipinski definition) is 7. The number of carbonyl (C=O) groups is 1. The van der Waals surface area contributed by atoms with Crippen LogP contribution in [0.4, 0.5) is 10.8 Å². The maximum atomic E-state index is 12.0. The summed E-state index contributed by atoms with van der Waals surface area (Å²) in [5, 5.41) is 8.42. The predicted molar refractivity (Wildman–Crippen MR) is 121 cm³/mol. The Kier molecular flexibility index (Phi) is 5.64. The molecule has 1 aromatic heterocycles. The van der Waals surface area contributed by atoms with Crippen LogP contribution in [0.15, 0.2) is 53.5 Å². The molecule has 0 spiro atoms. The van der Waals surface area contributed by atoms with Crippen LogP contribution in [-0.2, 0) is 11.2 Å². The average molecular weight is 411 g/mol. The molecule has 28 heavy (non-hydrogen) atoms. The number of amidine groups is 1. The predicted octanol–water partition coefficient (Wildman–Crippen LogP) is 5.02. The lowest BCUT2D eigenvalue weighted by molar-refractivity contribution is -0.112. The van der Waals surface area contributed by atoms with Crippen LogP contribution in [0.2, 0.25) is 0 Å². The Labute approximate surface area is 172 Å². The van der Waals surface area contributed by atoms with Gasteiger partial charge in [0.05, 0.1) is 10.2 Å². The summed E-state index contributed by atoms with van der Waals surface area (Å²) >= 11 is 2.88. The van der Waals surface area contributed by atoms with E-state index in [1.54, 1.807) is 11.3 Å². The molecule has 0 aliphatic carbocycles. The van der Waals surface area contributed by atoms with E-state index in [4.69, 9.17) is 0 Å². The van der Waals surface area contributed by atoms with Crippen molar-refractivity contribution in [3.8, 4) is 0 Å². The molecule has 1 aliphatic heterocycles. The van der Waals surface area contributed by atoms with Gasteiger partial charge < -0.3 is 10.6 Å². The molecular formula is C21H22N4OS2. The van der Waals surface area contributed by atoms with E-state index in [0.717, 1.165) is 29.3 Å². The van der Waals surface area contributed by atoms with Crippen LogP contribution >= 0.6 is 23.1 Å². The van der Waals surface area contributed by atoms with Crippen LogP contribution < -0.4 is 10.6 Å². The third-order valence-electron chi connectivity index (χ3n) is 4.52. The fraction of sp³-hybridized carbons (Fsp3) is 0.286. The molecule has 4 rings (SSSR count). The molecule has 0 unspecified atom stereocenters. The van der Waals surface area contributed by atoms with Crippen LogP contribution in [0.1, 0.15) is 19.4 Å². The van der Waals surface area contributed by atoms with Crippen LogP contribution in [0.3, 0.4) is 0 Å². The highest BCUT2D eigenvalue weighted by atomic mass is 32.2. The Bertz CT molecular complexity index is 978. The van der Waals surface area contributed by atoms with Crippen LogP contribution in [0, 0.1) is 5.92 Å². The van der Waals surface area contributed by atoms with E-state index in [1.165, 1.54) is 22.0 Å². The van der Waals surface area contributed by atoms with Gasteiger partial charge in [0, 0.05) is 12.2 Å². The van der Waals surface area contributed by atoms with Crippen LogP contribution in [0.5, 0.6) is 0 Å². The normalized spacial score (nSPS) is 16.6. The molecule has 7 heteroatoms. The van der Waals surface area contributed by atoms with Gasteiger partial charge in [-0.1, -0.05) is 49.4 Å². The first-order valence-corrected chi connectivity index (χ1v) is 11.0. The number of thioether (sulfide) groups is 1. The summed E-state index contributed by atoms with van der Waals surface area (Å²) in [4.78, 5) is 21.0. The van der Waals surface area contributed by atoms with Crippen molar-refractivity contribution in [2.24, 2.45) is 10.9 Å².